The van der Waals surface area contributed by atoms with Gasteiger partial charge in [-0.05, 0) is 24.0 Å². The second-order valence-electron chi connectivity index (χ2n) is 4.53. The minimum Gasteiger partial charge on any atom is -0.368 e. The van der Waals surface area contributed by atoms with Gasteiger partial charge in [0.15, 0.2) is 0 Å². The Hall–Kier alpha value is -1.09. The molecule has 1 N–H and O–H groups in total. The summed E-state index contributed by atoms with van der Waals surface area (Å²) in [5, 5.41) is 3.39. The molecule has 2 aliphatic rings. The van der Waals surface area contributed by atoms with Crippen LogP contribution in [-0.4, -0.2) is 26.2 Å². The number of hydrogen-bond acceptors (Lipinski definition) is 2. The first-order chi connectivity index (χ1) is 7.34. The third kappa shape index (κ3) is 1.51. The van der Waals surface area contributed by atoms with Gasteiger partial charge in [0, 0.05) is 26.2 Å². The third-order valence-corrected chi connectivity index (χ3v) is 3.58. The number of nitrogens with one attached hydrogen (secondary N) is 1. The van der Waals surface area contributed by atoms with Crippen LogP contribution in [0.2, 0.25) is 0 Å². The molecule has 0 amide bonds. The molecule has 15 heavy (non-hydrogen) atoms. The number of halogens is 1. The highest BCUT2D eigenvalue weighted by Crippen LogP contribution is 2.31. The molecular formula is C12H15FN2. The van der Waals surface area contributed by atoms with E-state index in [1.807, 2.05) is 12.1 Å². The first-order valence-electron chi connectivity index (χ1n) is 5.55. The van der Waals surface area contributed by atoms with E-state index in [4.69, 9.17) is 0 Å². The topological polar surface area (TPSA) is 15.3 Å². The Labute approximate surface area is 89.1 Å². The summed E-state index contributed by atoms with van der Waals surface area (Å²) in [6, 6.07) is 7.08. The number of para-hydroxylation sites is 1. The fraction of sp³-hybridized carbons (Fsp3) is 0.500. The molecule has 0 aromatic heterocycles. The van der Waals surface area contributed by atoms with Crippen molar-refractivity contribution in [2.45, 2.75) is 0 Å². The monoisotopic (exact) mass is 206 g/mol. The van der Waals surface area contributed by atoms with E-state index in [0.717, 1.165) is 31.9 Å². The molecule has 2 heterocycles. The summed E-state index contributed by atoms with van der Waals surface area (Å²) in [5.41, 5.74) is 0.770. The summed E-state index contributed by atoms with van der Waals surface area (Å²) in [6.45, 7) is 4.18. The Morgan fingerprint density at radius 2 is 1.80 bits per heavy atom. The zero-order chi connectivity index (χ0) is 10.3. The van der Waals surface area contributed by atoms with E-state index >= 15 is 0 Å². The van der Waals surface area contributed by atoms with Crippen molar-refractivity contribution >= 4 is 5.69 Å². The molecule has 0 bridgehead atoms. The van der Waals surface area contributed by atoms with Crippen LogP contribution in [0.1, 0.15) is 0 Å². The molecule has 2 fully saturated rings. The van der Waals surface area contributed by atoms with Crippen molar-refractivity contribution in [1.82, 2.24) is 5.32 Å². The summed E-state index contributed by atoms with van der Waals surface area (Å²) in [7, 11) is 0. The quantitative estimate of drug-likeness (QED) is 0.748. The average Bonchev–Trinajstić information content (AvgIpc) is 2.77. The van der Waals surface area contributed by atoms with Crippen LogP contribution in [0.4, 0.5) is 10.1 Å². The molecule has 1 aromatic rings. The van der Waals surface area contributed by atoms with Gasteiger partial charge in [-0.2, -0.15) is 0 Å². The molecule has 2 aliphatic heterocycles. The molecule has 0 spiro atoms. The third-order valence-electron chi connectivity index (χ3n) is 3.58. The maximum Gasteiger partial charge on any atom is 0.146 e. The molecule has 2 atom stereocenters. The van der Waals surface area contributed by atoms with Crippen LogP contribution in [0.25, 0.3) is 0 Å². The maximum absolute atomic E-state index is 13.6. The molecule has 2 saturated heterocycles. The number of anilines is 1. The molecule has 1 aromatic carbocycles. The standard InChI is InChI=1S/C12H15FN2/c13-11-3-1-2-4-12(11)15-7-9-5-14-6-10(9)8-15/h1-4,9-10,14H,5-8H2/t9-,10+. The van der Waals surface area contributed by atoms with Crippen LogP contribution >= 0.6 is 0 Å². The highest BCUT2D eigenvalue weighted by molar-refractivity contribution is 5.49. The van der Waals surface area contributed by atoms with Crippen LogP contribution < -0.4 is 10.2 Å². The van der Waals surface area contributed by atoms with Crippen LogP contribution in [0.5, 0.6) is 0 Å². The number of rotatable bonds is 1. The fourth-order valence-electron chi connectivity index (χ4n) is 2.76. The van der Waals surface area contributed by atoms with Crippen molar-refractivity contribution in [3.8, 4) is 0 Å². The lowest BCUT2D eigenvalue weighted by Crippen LogP contribution is -2.26. The summed E-state index contributed by atoms with van der Waals surface area (Å²) in [5.74, 6) is 1.33. The Morgan fingerprint density at radius 1 is 1.13 bits per heavy atom. The van der Waals surface area contributed by atoms with Gasteiger partial charge in [-0.3, -0.25) is 0 Å². The predicted molar refractivity (Wildman–Crippen MR) is 58.5 cm³/mol. The number of benzene rings is 1. The summed E-state index contributed by atoms with van der Waals surface area (Å²) in [4.78, 5) is 2.19. The van der Waals surface area contributed by atoms with E-state index in [-0.39, 0.29) is 5.82 Å². The highest BCUT2D eigenvalue weighted by Gasteiger charge is 2.36. The molecular weight excluding hydrogens is 191 g/mol. The molecule has 3 rings (SSSR count). The molecule has 0 radical (unpaired) electrons. The van der Waals surface area contributed by atoms with Crippen molar-refractivity contribution in [2.75, 3.05) is 31.1 Å². The summed E-state index contributed by atoms with van der Waals surface area (Å²) >= 11 is 0. The van der Waals surface area contributed by atoms with E-state index in [2.05, 4.69) is 10.2 Å². The first-order valence-corrected chi connectivity index (χ1v) is 5.55. The second kappa shape index (κ2) is 3.49. The lowest BCUT2D eigenvalue weighted by molar-refractivity contribution is 0.533. The average molecular weight is 206 g/mol. The van der Waals surface area contributed by atoms with Crippen molar-refractivity contribution in [3.05, 3.63) is 30.1 Å². The summed E-state index contributed by atoms with van der Waals surface area (Å²) < 4.78 is 13.6. The molecule has 0 aliphatic carbocycles. The Kier molecular flexibility index (Phi) is 2.13. The van der Waals surface area contributed by atoms with E-state index in [0.29, 0.717) is 11.8 Å². The normalized spacial score (nSPS) is 29.5. The first kappa shape index (κ1) is 9.16. The second-order valence-corrected chi connectivity index (χ2v) is 4.53. The van der Waals surface area contributed by atoms with Crippen LogP contribution in [0.15, 0.2) is 24.3 Å². The van der Waals surface area contributed by atoms with Gasteiger partial charge < -0.3 is 10.2 Å². The number of fused-ring (bicyclic) bond motifs is 1. The zero-order valence-corrected chi connectivity index (χ0v) is 8.62. The summed E-state index contributed by atoms with van der Waals surface area (Å²) in [6.07, 6.45) is 0. The maximum atomic E-state index is 13.6. The molecule has 0 unspecified atom stereocenters. The van der Waals surface area contributed by atoms with Gasteiger partial charge in [0.1, 0.15) is 5.82 Å². The van der Waals surface area contributed by atoms with Crippen molar-refractivity contribution in [2.24, 2.45) is 11.8 Å². The van der Waals surface area contributed by atoms with Crippen LogP contribution in [0.3, 0.4) is 0 Å². The number of nitrogens with zero attached hydrogens (tertiary/aromatic N) is 1. The van der Waals surface area contributed by atoms with E-state index < -0.39 is 0 Å². The Balaban J connectivity index is 1.82. The van der Waals surface area contributed by atoms with Crippen LogP contribution in [0, 0.1) is 17.7 Å². The van der Waals surface area contributed by atoms with Crippen molar-refractivity contribution in [1.29, 1.82) is 0 Å². The molecule has 0 saturated carbocycles. The Bertz CT molecular complexity index is 354. The van der Waals surface area contributed by atoms with Crippen LogP contribution in [-0.2, 0) is 0 Å². The Morgan fingerprint density at radius 3 is 2.47 bits per heavy atom. The smallest absolute Gasteiger partial charge is 0.146 e. The molecule has 3 heteroatoms. The van der Waals surface area contributed by atoms with Gasteiger partial charge in [-0.1, -0.05) is 12.1 Å². The van der Waals surface area contributed by atoms with E-state index in [1.165, 1.54) is 0 Å². The fourth-order valence-corrected chi connectivity index (χ4v) is 2.76. The van der Waals surface area contributed by atoms with Crippen molar-refractivity contribution in [3.63, 3.8) is 0 Å². The van der Waals surface area contributed by atoms with Crippen molar-refractivity contribution < 1.29 is 4.39 Å². The highest BCUT2D eigenvalue weighted by atomic mass is 19.1. The lowest BCUT2D eigenvalue weighted by Gasteiger charge is -2.20. The van der Waals surface area contributed by atoms with Gasteiger partial charge in [0.2, 0.25) is 0 Å². The van der Waals surface area contributed by atoms with Gasteiger partial charge in [-0.15, -0.1) is 0 Å². The zero-order valence-electron chi connectivity index (χ0n) is 8.62. The SMILES string of the molecule is Fc1ccccc1N1C[C@H]2CNC[C@H]2C1. The van der Waals surface area contributed by atoms with Gasteiger partial charge >= 0.3 is 0 Å². The minimum atomic E-state index is -0.0922. The molecule has 2 nitrogen and oxygen atoms in total. The predicted octanol–water partition coefficient (Wildman–Crippen LogP) is 1.48. The van der Waals surface area contributed by atoms with E-state index in [9.17, 15) is 4.39 Å². The molecule has 80 valence electrons. The van der Waals surface area contributed by atoms with Gasteiger partial charge in [-0.25, -0.2) is 4.39 Å². The van der Waals surface area contributed by atoms with E-state index in [1.54, 1.807) is 12.1 Å². The largest absolute Gasteiger partial charge is 0.368 e. The van der Waals surface area contributed by atoms with Gasteiger partial charge in [0.05, 0.1) is 5.69 Å². The van der Waals surface area contributed by atoms with Gasteiger partial charge in [0.25, 0.3) is 0 Å². The minimum absolute atomic E-state index is 0.0922. The number of hydrogen-bond donors (Lipinski definition) is 1. The lowest BCUT2D eigenvalue weighted by atomic mass is 10.0.